The van der Waals surface area contributed by atoms with Crippen molar-refractivity contribution in [2.24, 2.45) is 4.99 Å². The van der Waals surface area contributed by atoms with Gasteiger partial charge in [-0.1, -0.05) is 50.9 Å². The van der Waals surface area contributed by atoms with Crippen LogP contribution in [0.25, 0.3) is 0 Å². The van der Waals surface area contributed by atoms with E-state index in [4.69, 9.17) is 23.2 Å². The third-order valence-electron chi connectivity index (χ3n) is 3.99. The average molecular weight is 501 g/mol. The van der Waals surface area contributed by atoms with Crippen molar-refractivity contribution in [2.45, 2.75) is 18.6 Å². The number of nitrogens with one attached hydrogen (secondary N) is 1. The third-order valence-corrected chi connectivity index (χ3v) is 6.44. The normalized spacial score (nSPS) is 18.4. The fourth-order valence-corrected chi connectivity index (χ4v) is 4.30. The predicted molar refractivity (Wildman–Crippen MR) is 120 cm³/mol. The van der Waals surface area contributed by atoms with E-state index in [1.807, 2.05) is 31.2 Å². The number of hydrogen-bond donors (Lipinski definition) is 1. The maximum atomic E-state index is 12.7. The molecule has 0 aromatic heterocycles. The molecule has 0 saturated carbocycles. The Balaban J connectivity index is 1.80. The molecule has 3 rings (SSSR count). The number of amides is 2. The van der Waals surface area contributed by atoms with E-state index in [0.717, 1.165) is 4.47 Å². The number of rotatable bonds is 4. The summed E-state index contributed by atoms with van der Waals surface area (Å²) in [4.78, 5) is 31.4. The minimum Gasteiger partial charge on any atom is -0.325 e. The van der Waals surface area contributed by atoms with Crippen LogP contribution in [0.4, 0.5) is 11.4 Å². The largest absolute Gasteiger partial charge is 0.325 e. The number of carbonyl (C=O) groups excluding carboxylic acids is 2. The molecule has 1 unspecified atom stereocenters. The Morgan fingerprint density at radius 2 is 1.96 bits per heavy atom. The first-order valence-electron chi connectivity index (χ1n) is 8.44. The molecule has 0 bridgehead atoms. The van der Waals surface area contributed by atoms with E-state index < -0.39 is 5.25 Å². The zero-order chi connectivity index (χ0) is 20.3. The van der Waals surface area contributed by atoms with E-state index >= 15 is 0 Å². The van der Waals surface area contributed by atoms with Crippen LogP contribution in [0, 0.1) is 0 Å². The molecular weight excluding hydrogens is 485 g/mol. The zero-order valence-electron chi connectivity index (χ0n) is 14.8. The van der Waals surface area contributed by atoms with E-state index in [1.54, 1.807) is 23.1 Å². The molecule has 1 N–H and O–H groups in total. The SMILES string of the molecule is CCN1C(=O)CC(C(=O)Nc2ccc(Cl)c(Cl)c2)SC1=Nc1ccc(Br)cc1. The number of anilines is 1. The van der Waals surface area contributed by atoms with Crippen molar-refractivity contribution in [3.05, 3.63) is 57.0 Å². The van der Waals surface area contributed by atoms with Crippen LogP contribution in [0.2, 0.25) is 10.0 Å². The Bertz CT molecular complexity index is 937. The quantitative estimate of drug-likeness (QED) is 0.582. The summed E-state index contributed by atoms with van der Waals surface area (Å²) in [5.74, 6) is -0.414. The molecule has 1 fully saturated rings. The van der Waals surface area contributed by atoms with Gasteiger partial charge in [0.15, 0.2) is 5.17 Å². The molecule has 146 valence electrons. The first-order chi connectivity index (χ1) is 13.4. The van der Waals surface area contributed by atoms with Gasteiger partial charge < -0.3 is 5.32 Å². The van der Waals surface area contributed by atoms with Crippen molar-refractivity contribution in [3.8, 4) is 0 Å². The summed E-state index contributed by atoms with van der Waals surface area (Å²) in [6, 6.07) is 12.3. The molecule has 1 atom stereocenters. The highest BCUT2D eigenvalue weighted by atomic mass is 79.9. The molecule has 1 aliphatic rings. The van der Waals surface area contributed by atoms with Gasteiger partial charge in [0.05, 0.1) is 15.7 Å². The molecular formula is C19H16BrCl2N3O2S. The minimum atomic E-state index is -0.584. The van der Waals surface area contributed by atoms with Gasteiger partial charge in [-0.3, -0.25) is 14.5 Å². The Morgan fingerprint density at radius 1 is 1.25 bits per heavy atom. The van der Waals surface area contributed by atoms with Crippen LogP contribution in [0.1, 0.15) is 13.3 Å². The maximum Gasteiger partial charge on any atom is 0.238 e. The Morgan fingerprint density at radius 3 is 2.61 bits per heavy atom. The number of halogens is 3. The fraction of sp³-hybridized carbons (Fsp3) is 0.211. The molecule has 0 spiro atoms. The van der Waals surface area contributed by atoms with Crippen molar-refractivity contribution < 1.29 is 9.59 Å². The van der Waals surface area contributed by atoms with Crippen molar-refractivity contribution in [1.82, 2.24) is 4.90 Å². The molecule has 2 aromatic rings. The standard InChI is InChI=1S/C19H16BrCl2N3O2S/c1-2-25-17(26)10-16(18(27)23-13-7-8-14(21)15(22)9-13)28-19(25)24-12-5-3-11(20)4-6-12/h3-9,16H,2,10H2,1H3,(H,23,27). The number of hydrogen-bond acceptors (Lipinski definition) is 4. The highest BCUT2D eigenvalue weighted by molar-refractivity contribution is 9.10. The van der Waals surface area contributed by atoms with Crippen LogP contribution in [-0.4, -0.2) is 33.7 Å². The van der Waals surface area contributed by atoms with E-state index in [1.165, 1.54) is 11.8 Å². The van der Waals surface area contributed by atoms with E-state index in [0.29, 0.717) is 33.1 Å². The molecule has 1 heterocycles. The number of thioether (sulfide) groups is 1. The first-order valence-corrected chi connectivity index (χ1v) is 10.9. The van der Waals surface area contributed by atoms with Gasteiger partial charge >= 0.3 is 0 Å². The smallest absolute Gasteiger partial charge is 0.238 e. The third kappa shape index (κ3) is 5.08. The average Bonchev–Trinajstić information content (AvgIpc) is 2.66. The molecule has 2 aromatic carbocycles. The van der Waals surface area contributed by atoms with Crippen LogP contribution in [0.5, 0.6) is 0 Å². The summed E-state index contributed by atoms with van der Waals surface area (Å²) < 4.78 is 0.940. The zero-order valence-corrected chi connectivity index (χ0v) is 18.7. The number of nitrogens with zero attached hydrogens (tertiary/aromatic N) is 2. The van der Waals surface area contributed by atoms with Crippen LogP contribution in [0.3, 0.4) is 0 Å². The van der Waals surface area contributed by atoms with Crippen molar-refractivity contribution in [2.75, 3.05) is 11.9 Å². The molecule has 9 heteroatoms. The van der Waals surface area contributed by atoms with E-state index in [-0.39, 0.29) is 18.2 Å². The van der Waals surface area contributed by atoms with Gasteiger partial charge in [0.25, 0.3) is 0 Å². The molecule has 28 heavy (non-hydrogen) atoms. The molecule has 1 saturated heterocycles. The summed E-state index contributed by atoms with van der Waals surface area (Å²) in [5.41, 5.74) is 1.24. The van der Waals surface area contributed by atoms with Crippen LogP contribution in [-0.2, 0) is 9.59 Å². The predicted octanol–water partition coefficient (Wildman–Crippen LogP) is 5.74. The van der Waals surface area contributed by atoms with Gasteiger partial charge in [0.2, 0.25) is 11.8 Å². The Labute approximate surface area is 185 Å². The number of carbonyl (C=O) groups is 2. The number of amidine groups is 1. The fourth-order valence-electron chi connectivity index (χ4n) is 2.58. The Hall–Kier alpha value is -1.54. The van der Waals surface area contributed by atoms with Gasteiger partial charge in [-0.2, -0.15) is 0 Å². The highest BCUT2D eigenvalue weighted by Gasteiger charge is 2.35. The summed E-state index contributed by atoms with van der Waals surface area (Å²) in [5, 5.41) is 3.47. The van der Waals surface area contributed by atoms with Gasteiger partial charge in [-0.15, -0.1) is 0 Å². The summed E-state index contributed by atoms with van der Waals surface area (Å²) >= 11 is 16.6. The van der Waals surface area contributed by atoms with Gasteiger partial charge in [0, 0.05) is 23.1 Å². The molecule has 2 amide bonds. The van der Waals surface area contributed by atoms with Gasteiger partial charge in [0.1, 0.15) is 5.25 Å². The summed E-state index contributed by atoms with van der Waals surface area (Å²) in [7, 11) is 0. The van der Waals surface area contributed by atoms with Crippen LogP contribution < -0.4 is 5.32 Å². The van der Waals surface area contributed by atoms with E-state index in [9.17, 15) is 9.59 Å². The van der Waals surface area contributed by atoms with Crippen molar-refractivity contribution in [1.29, 1.82) is 0 Å². The lowest BCUT2D eigenvalue weighted by atomic mass is 10.2. The highest BCUT2D eigenvalue weighted by Crippen LogP contribution is 2.31. The molecule has 5 nitrogen and oxygen atoms in total. The lowest BCUT2D eigenvalue weighted by Crippen LogP contribution is -2.45. The van der Waals surface area contributed by atoms with Crippen molar-refractivity contribution >= 4 is 79.3 Å². The number of benzene rings is 2. The second-order valence-electron chi connectivity index (χ2n) is 5.94. The first kappa shape index (κ1) is 21.2. The lowest BCUT2D eigenvalue weighted by molar-refractivity contribution is -0.129. The second kappa shape index (κ2) is 9.31. The molecule has 0 radical (unpaired) electrons. The topological polar surface area (TPSA) is 61.8 Å². The number of aliphatic imine (C=N–C) groups is 1. The van der Waals surface area contributed by atoms with E-state index in [2.05, 4.69) is 26.2 Å². The minimum absolute atomic E-state index is 0.102. The maximum absolute atomic E-state index is 12.7. The monoisotopic (exact) mass is 499 g/mol. The molecule has 1 aliphatic heterocycles. The van der Waals surface area contributed by atoms with Crippen molar-refractivity contribution in [3.63, 3.8) is 0 Å². The lowest BCUT2D eigenvalue weighted by Gasteiger charge is -2.30. The van der Waals surface area contributed by atoms with Crippen LogP contribution in [0.15, 0.2) is 51.9 Å². The van der Waals surface area contributed by atoms with Gasteiger partial charge in [-0.05, 0) is 49.4 Å². The summed E-state index contributed by atoms with van der Waals surface area (Å²) in [6.45, 7) is 2.37. The van der Waals surface area contributed by atoms with Crippen LogP contribution >= 0.6 is 50.9 Å². The second-order valence-corrected chi connectivity index (χ2v) is 8.84. The summed E-state index contributed by atoms with van der Waals surface area (Å²) in [6.07, 6.45) is 0.102. The van der Waals surface area contributed by atoms with Gasteiger partial charge in [-0.25, -0.2) is 4.99 Å². The Kier molecular flexibility index (Phi) is 7.04. The molecule has 0 aliphatic carbocycles.